The number of ether oxygens (including phenoxy) is 1. The van der Waals surface area contributed by atoms with Crippen LogP contribution in [0.4, 0.5) is 5.69 Å². The highest BCUT2D eigenvalue weighted by Gasteiger charge is 2.11. The third-order valence-electron chi connectivity index (χ3n) is 3.97. The number of carbonyl (C=O) groups is 1. The highest BCUT2D eigenvalue weighted by Crippen LogP contribution is 2.35. The maximum atomic E-state index is 12.2. The van der Waals surface area contributed by atoms with Crippen LogP contribution in [-0.4, -0.2) is 11.0 Å². The average molecular weight is 481 g/mol. The number of aryl methyl sites for hydroxylation is 1. The Morgan fingerprint density at radius 1 is 1.07 bits per heavy atom. The fourth-order valence-electron chi connectivity index (χ4n) is 2.53. The lowest BCUT2D eigenvalue weighted by Gasteiger charge is -2.12. The Bertz CT molecular complexity index is 1020. The Hall–Kier alpha value is -2.21. The molecule has 0 saturated carbocycles. The van der Waals surface area contributed by atoms with Gasteiger partial charge in [-0.1, -0.05) is 51.3 Å². The van der Waals surface area contributed by atoms with Gasteiger partial charge in [0.1, 0.15) is 17.2 Å². The van der Waals surface area contributed by atoms with Crippen molar-refractivity contribution < 1.29 is 14.6 Å². The number of carbonyl (C=O) groups excluding carboxylic acids is 1. The van der Waals surface area contributed by atoms with E-state index in [0.717, 1.165) is 15.6 Å². The first kappa shape index (κ1) is 20.5. The molecule has 0 aliphatic carbocycles. The van der Waals surface area contributed by atoms with Crippen molar-refractivity contribution in [2.45, 2.75) is 13.3 Å². The molecule has 28 heavy (non-hydrogen) atoms. The van der Waals surface area contributed by atoms with E-state index in [9.17, 15) is 9.90 Å². The number of phenolic OH excluding ortho intramolecular Hbond substituents is 1. The van der Waals surface area contributed by atoms with E-state index in [4.69, 9.17) is 27.9 Å². The predicted octanol–water partition coefficient (Wildman–Crippen LogP) is 6.74. The molecule has 7 heteroatoms. The molecule has 3 rings (SSSR count). The maximum absolute atomic E-state index is 12.2. The quantitative estimate of drug-likeness (QED) is 0.397. The third-order valence-corrected chi connectivity index (χ3v) is 5.22. The first-order valence-electron chi connectivity index (χ1n) is 8.32. The number of anilines is 1. The summed E-state index contributed by atoms with van der Waals surface area (Å²) in [5.74, 6) is 0.608. The summed E-state index contributed by atoms with van der Waals surface area (Å²) in [4.78, 5) is 12.2. The van der Waals surface area contributed by atoms with Gasteiger partial charge >= 0.3 is 0 Å². The molecule has 4 nitrogen and oxygen atoms in total. The molecule has 0 unspecified atom stereocenters. The number of aromatic hydroxyl groups is 1. The number of rotatable bonds is 5. The van der Waals surface area contributed by atoms with E-state index in [1.54, 1.807) is 24.3 Å². The lowest BCUT2D eigenvalue weighted by molar-refractivity contribution is -0.115. The van der Waals surface area contributed by atoms with Gasteiger partial charge in [0.25, 0.3) is 0 Å². The van der Waals surface area contributed by atoms with E-state index in [2.05, 4.69) is 21.2 Å². The van der Waals surface area contributed by atoms with Gasteiger partial charge in [0.15, 0.2) is 0 Å². The molecule has 0 radical (unpaired) electrons. The monoisotopic (exact) mass is 479 g/mol. The second-order valence-electron chi connectivity index (χ2n) is 6.16. The zero-order valence-electron chi connectivity index (χ0n) is 14.8. The highest BCUT2D eigenvalue weighted by atomic mass is 79.9. The van der Waals surface area contributed by atoms with Crippen molar-refractivity contribution in [3.63, 3.8) is 0 Å². The largest absolute Gasteiger partial charge is 0.506 e. The van der Waals surface area contributed by atoms with Gasteiger partial charge in [0.05, 0.1) is 22.2 Å². The number of halogens is 3. The van der Waals surface area contributed by atoms with Crippen LogP contribution in [0.15, 0.2) is 59.1 Å². The van der Waals surface area contributed by atoms with Crippen molar-refractivity contribution in [2.75, 3.05) is 5.32 Å². The molecule has 0 atom stereocenters. The molecule has 0 aliphatic heterocycles. The van der Waals surface area contributed by atoms with E-state index in [1.165, 1.54) is 6.07 Å². The number of hydrogen-bond donors (Lipinski definition) is 2. The van der Waals surface area contributed by atoms with Crippen LogP contribution in [0.2, 0.25) is 10.0 Å². The number of hydrogen-bond acceptors (Lipinski definition) is 3. The Labute approximate surface area is 181 Å². The summed E-state index contributed by atoms with van der Waals surface area (Å²) in [6.07, 6.45) is 0.202. The normalized spacial score (nSPS) is 10.6. The summed E-state index contributed by atoms with van der Waals surface area (Å²) >= 11 is 15.4. The Morgan fingerprint density at radius 2 is 1.75 bits per heavy atom. The van der Waals surface area contributed by atoms with E-state index in [0.29, 0.717) is 27.2 Å². The number of benzene rings is 3. The van der Waals surface area contributed by atoms with Gasteiger partial charge in [0, 0.05) is 16.6 Å². The molecule has 0 aromatic heterocycles. The number of nitrogens with one attached hydrogen (secondary N) is 1. The Kier molecular flexibility index (Phi) is 6.50. The SMILES string of the molecule is Cc1cc(Cl)c(Cl)cc1Oc1ccc(NC(=O)Cc2ccc(Br)cc2)c(O)c1. The van der Waals surface area contributed by atoms with Crippen molar-refractivity contribution in [3.05, 3.63) is 80.2 Å². The molecule has 0 spiro atoms. The molecule has 0 saturated heterocycles. The summed E-state index contributed by atoms with van der Waals surface area (Å²) in [5.41, 5.74) is 1.98. The summed E-state index contributed by atoms with van der Waals surface area (Å²) < 4.78 is 6.72. The lowest BCUT2D eigenvalue weighted by atomic mass is 10.1. The van der Waals surface area contributed by atoms with Gasteiger partial charge in [-0.3, -0.25) is 4.79 Å². The van der Waals surface area contributed by atoms with Gasteiger partial charge in [-0.15, -0.1) is 0 Å². The van der Waals surface area contributed by atoms with Crippen LogP contribution >= 0.6 is 39.1 Å². The predicted molar refractivity (Wildman–Crippen MR) is 116 cm³/mol. The van der Waals surface area contributed by atoms with Crippen LogP contribution in [0.5, 0.6) is 17.2 Å². The van der Waals surface area contributed by atoms with E-state index in [1.807, 2.05) is 31.2 Å². The third kappa shape index (κ3) is 5.19. The molecule has 0 heterocycles. The molecule has 2 N–H and O–H groups in total. The van der Waals surface area contributed by atoms with Crippen molar-refractivity contribution in [1.82, 2.24) is 0 Å². The average Bonchev–Trinajstić information content (AvgIpc) is 2.64. The summed E-state index contributed by atoms with van der Waals surface area (Å²) in [7, 11) is 0. The Balaban J connectivity index is 1.69. The summed E-state index contributed by atoms with van der Waals surface area (Å²) in [6.45, 7) is 1.84. The maximum Gasteiger partial charge on any atom is 0.228 e. The highest BCUT2D eigenvalue weighted by molar-refractivity contribution is 9.10. The van der Waals surface area contributed by atoms with Crippen LogP contribution in [0.1, 0.15) is 11.1 Å². The number of amides is 1. The van der Waals surface area contributed by atoms with Crippen LogP contribution in [-0.2, 0) is 11.2 Å². The first-order valence-corrected chi connectivity index (χ1v) is 9.87. The van der Waals surface area contributed by atoms with Crippen molar-refractivity contribution in [1.29, 1.82) is 0 Å². The minimum atomic E-state index is -0.230. The van der Waals surface area contributed by atoms with Gasteiger partial charge in [-0.25, -0.2) is 0 Å². The van der Waals surface area contributed by atoms with Crippen LogP contribution < -0.4 is 10.1 Å². The van der Waals surface area contributed by atoms with Crippen LogP contribution in [0.3, 0.4) is 0 Å². The zero-order valence-corrected chi connectivity index (χ0v) is 17.9. The fraction of sp³-hybridized carbons (Fsp3) is 0.0952. The van der Waals surface area contributed by atoms with E-state index < -0.39 is 0 Å². The van der Waals surface area contributed by atoms with Crippen LogP contribution in [0, 0.1) is 6.92 Å². The lowest BCUT2D eigenvalue weighted by Crippen LogP contribution is -2.14. The zero-order chi connectivity index (χ0) is 20.3. The molecule has 3 aromatic carbocycles. The standard InChI is InChI=1S/C21H16BrCl2NO3/c1-12-8-16(23)17(24)11-20(12)28-15-6-7-18(19(26)10-15)25-21(27)9-13-2-4-14(22)5-3-13/h2-8,10-11,26H,9H2,1H3,(H,25,27). The van der Waals surface area contributed by atoms with Crippen molar-refractivity contribution >= 4 is 50.7 Å². The molecule has 3 aromatic rings. The molecule has 1 amide bonds. The van der Waals surface area contributed by atoms with Gasteiger partial charge in [-0.05, 0) is 48.4 Å². The molecule has 0 bridgehead atoms. The van der Waals surface area contributed by atoms with Crippen molar-refractivity contribution in [3.8, 4) is 17.2 Å². The summed E-state index contributed by atoms with van der Waals surface area (Å²) in [6, 6.07) is 15.4. The van der Waals surface area contributed by atoms with Gasteiger partial charge < -0.3 is 15.2 Å². The minimum absolute atomic E-state index is 0.0978. The van der Waals surface area contributed by atoms with Gasteiger partial charge in [-0.2, -0.15) is 0 Å². The minimum Gasteiger partial charge on any atom is -0.506 e. The smallest absolute Gasteiger partial charge is 0.228 e. The summed E-state index contributed by atoms with van der Waals surface area (Å²) in [5, 5.41) is 13.8. The molecule has 0 aliphatic rings. The Morgan fingerprint density at radius 3 is 2.43 bits per heavy atom. The molecular formula is C21H16BrCl2NO3. The van der Waals surface area contributed by atoms with E-state index in [-0.39, 0.29) is 18.1 Å². The molecule has 0 fully saturated rings. The number of phenols is 1. The molecule has 144 valence electrons. The fourth-order valence-corrected chi connectivity index (χ4v) is 3.16. The van der Waals surface area contributed by atoms with E-state index >= 15 is 0 Å². The van der Waals surface area contributed by atoms with Gasteiger partial charge in [0.2, 0.25) is 5.91 Å². The topological polar surface area (TPSA) is 58.6 Å². The second kappa shape index (κ2) is 8.86. The first-order chi connectivity index (χ1) is 13.3. The second-order valence-corrected chi connectivity index (χ2v) is 7.89. The van der Waals surface area contributed by atoms with Crippen molar-refractivity contribution in [2.24, 2.45) is 0 Å². The molecular weight excluding hydrogens is 465 g/mol. The van der Waals surface area contributed by atoms with Crippen LogP contribution in [0.25, 0.3) is 0 Å².